The number of rotatable bonds is 4. The van der Waals surface area contributed by atoms with E-state index in [-0.39, 0.29) is 28.0 Å². The molecule has 0 saturated carbocycles. The maximum absolute atomic E-state index is 13.6. The molecular weight excluding hydrogens is 461 g/mol. The summed E-state index contributed by atoms with van der Waals surface area (Å²) in [7, 11) is 0. The molecule has 1 N–H and O–H groups in total. The van der Waals surface area contributed by atoms with Crippen LogP contribution in [-0.2, 0) is 17.7 Å². The zero-order valence-corrected chi connectivity index (χ0v) is 19.9. The second-order valence-electron chi connectivity index (χ2n) is 9.00. The maximum Gasteiger partial charge on any atom is 0.290 e. The first kappa shape index (κ1) is 22.9. The van der Waals surface area contributed by atoms with E-state index < -0.39 is 6.23 Å². The Labute approximate surface area is 200 Å². The van der Waals surface area contributed by atoms with Crippen LogP contribution >= 0.6 is 11.6 Å². The molecule has 0 amide bonds. The van der Waals surface area contributed by atoms with Gasteiger partial charge in [-0.05, 0) is 56.4 Å². The minimum Gasteiger partial charge on any atom is -0.364 e. The number of aromatic amines is 1. The summed E-state index contributed by atoms with van der Waals surface area (Å²) in [6.07, 6.45) is 4.45. The summed E-state index contributed by atoms with van der Waals surface area (Å²) < 4.78 is 22.4. The normalized spacial score (nSPS) is 19.2. The molecule has 10 heteroatoms. The number of aromatic nitrogens is 4. The van der Waals surface area contributed by atoms with Gasteiger partial charge in [-0.25, -0.2) is 4.39 Å². The van der Waals surface area contributed by atoms with Crippen LogP contribution in [0.2, 0.25) is 5.02 Å². The van der Waals surface area contributed by atoms with Crippen molar-refractivity contribution in [3.05, 3.63) is 78.3 Å². The third-order valence-electron chi connectivity index (χ3n) is 6.87. The standard InChI is InChI=1S/C24H27ClFN5O3/c1-14-11-16(26)6-7-17(14)15(2)30-19-8-9-29(13-18(19)23(32)28-30)20-12-27-31(24(33)22(20)25)21-5-3-4-10-34-21/h6-7,11-12,15,21H,3-5,8-10,13H2,1-2H3,(H,28,32). The summed E-state index contributed by atoms with van der Waals surface area (Å²) in [5.74, 6) is -0.283. The summed E-state index contributed by atoms with van der Waals surface area (Å²) in [6, 6.07) is 4.53. The zero-order chi connectivity index (χ0) is 24.0. The molecule has 8 nitrogen and oxygen atoms in total. The van der Waals surface area contributed by atoms with Crippen LogP contribution in [0.3, 0.4) is 0 Å². The van der Waals surface area contributed by atoms with E-state index in [0.29, 0.717) is 37.4 Å². The highest BCUT2D eigenvalue weighted by Crippen LogP contribution is 2.30. The lowest BCUT2D eigenvalue weighted by atomic mass is 10.0. The molecule has 0 radical (unpaired) electrons. The summed E-state index contributed by atoms with van der Waals surface area (Å²) in [5.41, 5.74) is 3.26. The number of halogens is 2. The molecule has 5 rings (SSSR count). The maximum atomic E-state index is 13.6. The summed E-state index contributed by atoms with van der Waals surface area (Å²) in [5, 5.41) is 7.37. The van der Waals surface area contributed by atoms with E-state index in [9.17, 15) is 14.0 Å². The van der Waals surface area contributed by atoms with Crippen molar-refractivity contribution in [3.63, 3.8) is 0 Å². The van der Waals surface area contributed by atoms with Crippen LogP contribution in [0.1, 0.15) is 60.8 Å². The molecule has 34 heavy (non-hydrogen) atoms. The largest absolute Gasteiger partial charge is 0.364 e. The minimum absolute atomic E-state index is 0.0822. The van der Waals surface area contributed by atoms with E-state index in [0.717, 1.165) is 36.1 Å². The highest BCUT2D eigenvalue weighted by molar-refractivity contribution is 6.33. The fraction of sp³-hybridized carbons (Fsp3) is 0.458. The summed E-state index contributed by atoms with van der Waals surface area (Å²) in [4.78, 5) is 27.7. The first-order valence-corrected chi connectivity index (χ1v) is 11.9. The third kappa shape index (κ3) is 3.96. The molecule has 2 unspecified atom stereocenters. The van der Waals surface area contributed by atoms with Gasteiger partial charge in [-0.15, -0.1) is 0 Å². The average molecular weight is 488 g/mol. The lowest BCUT2D eigenvalue weighted by Crippen LogP contribution is -2.36. The SMILES string of the molecule is Cc1cc(F)ccc1C(C)n1[nH]c(=O)c2c1CCN(c1cnn(C3CCCCO3)c(=O)c1Cl)C2. The third-order valence-corrected chi connectivity index (χ3v) is 7.22. The van der Waals surface area contributed by atoms with E-state index in [1.807, 2.05) is 23.4 Å². The van der Waals surface area contributed by atoms with E-state index in [2.05, 4.69) is 10.2 Å². The number of hydrogen-bond acceptors (Lipinski definition) is 5. The highest BCUT2D eigenvalue weighted by atomic mass is 35.5. The Balaban J connectivity index is 1.43. The van der Waals surface area contributed by atoms with E-state index >= 15 is 0 Å². The van der Waals surface area contributed by atoms with Gasteiger partial charge >= 0.3 is 0 Å². The second-order valence-corrected chi connectivity index (χ2v) is 9.38. The number of H-pyrrole nitrogens is 1. The van der Waals surface area contributed by atoms with Crippen molar-refractivity contribution in [2.75, 3.05) is 18.1 Å². The molecule has 2 aliphatic rings. The van der Waals surface area contributed by atoms with Crippen LogP contribution in [0.15, 0.2) is 34.0 Å². The van der Waals surface area contributed by atoms with E-state index in [1.165, 1.54) is 16.8 Å². The highest BCUT2D eigenvalue weighted by Gasteiger charge is 2.29. The van der Waals surface area contributed by atoms with Gasteiger partial charge in [-0.1, -0.05) is 17.7 Å². The van der Waals surface area contributed by atoms with Crippen LogP contribution in [0.5, 0.6) is 0 Å². The second kappa shape index (κ2) is 9.03. The molecule has 0 spiro atoms. The molecular formula is C24H27ClFN5O3. The molecule has 1 aromatic carbocycles. The molecule has 0 bridgehead atoms. The van der Waals surface area contributed by atoms with Gasteiger partial charge in [0.15, 0.2) is 6.23 Å². The number of ether oxygens (including phenoxy) is 1. The number of anilines is 1. The smallest absolute Gasteiger partial charge is 0.290 e. The van der Waals surface area contributed by atoms with Crippen LogP contribution < -0.4 is 16.0 Å². The molecule has 1 saturated heterocycles. The Hall–Kier alpha value is -2.91. The Bertz CT molecular complexity index is 1340. The molecule has 2 aliphatic heterocycles. The fourth-order valence-electron chi connectivity index (χ4n) is 5.03. The lowest BCUT2D eigenvalue weighted by molar-refractivity contribution is -0.0424. The summed E-state index contributed by atoms with van der Waals surface area (Å²) in [6.45, 7) is 5.33. The first-order valence-electron chi connectivity index (χ1n) is 11.6. The van der Waals surface area contributed by atoms with Crippen molar-refractivity contribution in [3.8, 4) is 0 Å². The molecule has 4 heterocycles. The Morgan fingerprint density at radius 1 is 1.29 bits per heavy atom. The van der Waals surface area contributed by atoms with Gasteiger partial charge in [0.25, 0.3) is 11.1 Å². The van der Waals surface area contributed by atoms with Gasteiger partial charge in [0.05, 0.1) is 30.0 Å². The molecule has 3 aromatic rings. The number of benzene rings is 1. The Kier molecular flexibility index (Phi) is 6.07. The number of aryl methyl sites for hydroxylation is 1. The van der Waals surface area contributed by atoms with Crippen molar-refractivity contribution in [2.45, 2.75) is 58.3 Å². The molecule has 180 valence electrons. The predicted molar refractivity (Wildman–Crippen MR) is 127 cm³/mol. The molecule has 1 fully saturated rings. The van der Waals surface area contributed by atoms with Crippen molar-refractivity contribution in [1.82, 2.24) is 19.6 Å². The summed E-state index contributed by atoms with van der Waals surface area (Å²) >= 11 is 6.49. The van der Waals surface area contributed by atoms with Crippen molar-refractivity contribution >= 4 is 17.3 Å². The Morgan fingerprint density at radius 2 is 2.12 bits per heavy atom. The van der Waals surface area contributed by atoms with Gasteiger partial charge in [0.1, 0.15) is 10.8 Å². The monoisotopic (exact) mass is 487 g/mol. The molecule has 2 aromatic heterocycles. The first-order chi connectivity index (χ1) is 16.3. The van der Waals surface area contributed by atoms with Crippen molar-refractivity contribution in [2.24, 2.45) is 0 Å². The lowest BCUT2D eigenvalue weighted by Gasteiger charge is -2.31. The fourth-order valence-corrected chi connectivity index (χ4v) is 5.28. The molecule has 2 atom stereocenters. The Morgan fingerprint density at radius 3 is 2.85 bits per heavy atom. The average Bonchev–Trinajstić information content (AvgIpc) is 3.17. The van der Waals surface area contributed by atoms with Gasteiger partial charge in [0.2, 0.25) is 0 Å². The van der Waals surface area contributed by atoms with E-state index in [4.69, 9.17) is 16.3 Å². The van der Waals surface area contributed by atoms with Crippen LogP contribution in [-0.4, -0.2) is 32.7 Å². The van der Waals surface area contributed by atoms with Crippen molar-refractivity contribution < 1.29 is 9.13 Å². The number of nitrogens with one attached hydrogen (secondary N) is 1. The van der Waals surface area contributed by atoms with Crippen molar-refractivity contribution in [1.29, 1.82) is 0 Å². The topological polar surface area (TPSA) is 85.2 Å². The van der Waals surface area contributed by atoms with Gasteiger partial charge in [-0.2, -0.15) is 9.78 Å². The zero-order valence-electron chi connectivity index (χ0n) is 19.2. The van der Waals surface area contributed by atoms with Crippen LogP contribution in [0, 0.1) is 12.7 Å². The van der Waals surface area contributed by atoms with E-state index in [1.54, 1.807) is 12.3 Å². The number of fused-ring (bicyclic) bond motifs is 1. The minimum atomic E-state index is -0.394. The van der Waals surface area contributed by atoms with Gasteiger partial charge in [0, 0.05) is 25.3 Å². The number of hydrogen-bond donors (Lipinski definition) is 1. The van der Waals surface area contributed by atoms with Gasteiger partial charge < -0.3 is 9.64 Å². The molecule has 0 aliphatic carbocycles. The number of nitrogens with zero attached hydrogens (tertiary/aromatic N) is 4. The van der Waals surface area contributed by atoms with Crippen LogP contribution in [0.4, 0.5) is 10.1 Å². The van der Waals surface area contributed by atoms with Gasteiger partial charge in [-0.3, -0.25) is 19.4 Å². The quantitative estimate of drug-likeness (QED) is 0.606. The van der Waals surface area contributed by atoms with Crippen LogP contribution in [0.25, 0.3) is 0 Å². The predicted octanol–water partition coefficient (Wildman–Crippen LogP) is 3.71.